The average molecular weight is 330 g/mol. The van der Waals surface area contributed by atoms with Crippen LogP contribution in [0, 0.1) is 0 Å². The molecule has 1 aliphatic rings. The second-order valence-electron chi connectivity index (χ2n) is 6.36. The van der Waals surface area contributed by atoms with Crippen LogP contribution in [0.2, 0.25) is 0 Å². The monoisotopic (exact) mass is 330 g/mol. The molecule has 0 aromatic heterocycles. The van der Waals surface area contributed by atoms with Crippen LogP contribution in [0.1, 0.15) is 16.7 Å². The van der Waals surface area contributed by atoms with Gasteiger partial charge in [-0.15, -0.1) is 0 Å². The van der Waals surface area contributed by atoms with Crippen molar-refractivity contribution in [3.63, 3.8) is 0 Å². The molecule has 25 heavy (non-hydrogen) atoms. The van der Waals surface area contributed by atoms with Crippen molar-refractivity contribution in [1.82, 2.24) is 0 Å². The molecule has 0 saturated carbocycles. The lowest BCUT2D eigenvalue weighted by Gasteiger charge is -2.13. The number of methoxy groups -OCH3 is 1. The van der Waals surface area contributed by atoms with Crippen molar-refractivity contribution in [2.75, 3.05) is 17.7 Å². The highest BCUT2D eigenvalue weighted by Crippen LogP contribution is 2.31. The zero-order valence-electron chi connectivity index (χ0n) is 14.4. The average Bonchev–Trinajstić information content (AvgIpc) is 2.85. The number of aryl methyl sites for hydroxylation is 2. The van der Waals surface area contributed by atoms with Gasteiger partial charge in [0.1, 0.15) is 5.75 Å². The van der Waals surface area contributed by atoms with Gasteiger partial charge in [0.15, 0.2) is 0 Å². The zero-order chi connectivity index (χ0) is 17.1. The minimum absolute atomic E-state index is 0.781. The van der Waals surface area contributed by atoms with Gasteiger partial charge in [-0.05, 0) is 65.9 Å². The van der Waals surface area contributed by atoms with Crippen LogP contribution >= 0.6 is 0 Å². The molecule has 1 heterocycles. The molecule has 1 aliphatic heterocycles. The summed E-state index contributed by atoms with van der Waals surface area (Å²) in [5.74, 6) is 0.892. The van der Waals surface area contributed by atoms with Gasteiger partial charge in [-0.3, -0.25) is 0 Å². The molecule has 0 fully saturated rings. The van der Waals surface area contributed by atoms with E-state index in [1.165, 1.54) is 28.1 Å². The Balaban J connectivity index is 1.50. The van der Waals surface area contributed by atoms with Crippen molar-refractivity contribution in [2.45, 2.75) is 19.4 Å². The number of anilines is 3. The van der Waals surface area contributed by atoms with E-state index in [-0.39, 0.29) is 0 Å². The molecule has 0 amide bonds. The maximum absolute atomic E-state index is 5.29. The molecule has 3 nitrogen and oxygen atoms in total. The molecule has 4 rings (SSSR count). The first-order valence-corrected chi connectivity index (χ1v) is 8.66. The fourth-order valence-electron chi connectivity index (χ4n) is 3.29. The minimum Gasteiger partial charge on any atom is -0.497 e. The third-order valence-electron chi connectivity index (χ3n) is 4.69. The summed E-state index contributed by atoms with van der Waals surface area (Å²) in [5.41, 5.74) is 7.51. The van der Waals surface area contributed by atoms with Crippen LogP contribution in [-0.4, -0.2) is 7.11 Å². The lowest BCUT2D eigenvalue weighted by atomic mass is 10.0. The van der Waals surface area contributed by atoms with Gasteiger partial charge >= 0.3 is 0 Å². The first-order chi connectivity index (χ1) is 12.3. The predicted molar refractivity (Wildman–Crippen MR) is 104 cm³/mol. The second-order valence-corrected chi connectivity index (χ2v) is 6.36. The van der Waals surface area contributed by atoms with Crippen LogP contribution in [-0.2, 0) is 19.4 Å². The van der Waals surface area contributed by atoms with Gasteiger partial charge in [-0.2, -0.15) is 0 Å². The fourth-order valence-corrected chi connectivity index (χ4v) is 3.29. The molecule has 0 aliphatic carbocycles. The van der Waals surface area contributed by atoms with Crippen molar-refractivity contribution < 1.29 is 4.74 Å². The van der Waals surface area contributed by atoms with Crippen molar-refractivity contribution in [1.29, 1.82) is 0 Å². The molecule has 126 valence electrons. The van der Waals surface area contributed by atoms with Crippen LogP contribution in [0.15, 0.2) is 66.7 Å². The van der Waals surface area contributed by atoms with E-state index in [0.717, 1.165) is 30.8 Å². The molecule has 3 aromatic carbocycles. The third kappa shape index (κ3) is 3.45. The number of ether oxygens (including phenoxy) is 1. The van der Waals surface area contributed by atoms with Gasteiger partial charge in [0, 0.05) is 23.6 Å². The second kappa shape index (κ2) is 6.89. The lowest BCUT2D eigenvalue weighted by Crippen LogP contribution is -2.01. The van der Waals surface area contributed by atoms with E-state index in [0.29, 0.717) is 0 Å². The van der Waals surface area contributed by atoms with E-state index in [9.17, 15) is 0 Å². The van der Waals surface area contributed by atoms with Gasteiger partial charge in [0.2, 0.25) is 0 Å². The first kappa shape index (κ1) is 15.6. The minimum atomic E-state index is 0.781. The van der Waals surface area contributed by atoms with E-state index in [4.69, 9.17) is 4.74 Å². The van der Waals surface area contributed by atoms with Crippen LogP contribution in [0.25, 0.3) is 0 Å². The Kier molecular flexibility index (Phi) is 4.30. The summed E-state index contributed by atoms with van der Waals surface area (Å²) in [6.45, 7) is 0.781. The third-order valence-corrected chi connectivity index (χ3v) is 4.69. The molecule has 2 N–H and O–H groups in total. The Morgan fingerprint density at radius 2 is 1.72 bits per heavy atom. The van der Waals surface area contributed by atoms with Crippen LogP contribution in [0.4, 0.5) is 17.1 Å². The van der Waals surface area contributed by atoms with Gasteiger partial charge in [0.05, 0.1) is 7.11 Å². The SMILES string of the molecule is COc1cccc(CNc2ccc3c(c2)CCc2ccccc2N3)c1. The molecular formula is C22H22N2O. The summed E-state index contributed by atoms with van der Waals surface area (Å²) in [5, 5.41) is 7.10. The summed E-state index contributed by atoms with van der Waals surface area (Å²) < 4.78 is 5.29. The van der Waals surface area contributed by atoms with E-state index < -0.39 is 0 Å². The Labute approximate surface area is 148 Å². The number of hydrogen-bond acceptors (Lipinski definition) is 3. The Morgan fingerprint density at radius 3 is 2.64 bits per heavy atom. The van der Waals surface area contributed by atoms with Crippen molar-refractivity contribution in [3.05, 3.63) is 83.4 Å². The molecular weight excluding hydrogens is 308 g/mol. The molecule has 0 radical (unpaired) electrons. The maximum atomic E-state index is 5.29. The van der Waals surface area contributed by atoms with Gasteiger partial charge in [-0.25, -0.2) is 0 Å². The molecule has 3 aromatic rings. The predicted octanol–water partition coefficient (Wildman–Crippen LogP) is 5.15. The molecule has 0 bridgehead atoms. The van der Waals surface area contributed by atoms with Gasteiger partial charge in [0.25, 0.3) is 0 Å². The number of nitrogens with one attached hydrogen (secondary N) is 2. The van der Waals surface area contributed by atoms with Crippen molar-refractivity contribution in [2.24, 2.45) is 0 Å². The number of fused-ring (bicyclic) bond motifs is 2. The summed E-state index contributed by atoms with van der Waals surface area (Å²) >= 11 is 0. The van der Waals surface area contributed by atoms with Crippen molar-refractivity contribution in [3.8, 4) is 5.75 Å². The number of benzene rings is 3. The summed E-state index contributed by atoms with van der Waals surface area (Å²) in [6.07, 6.45) is 2.11. The molecule has 0 saturated heterocycles. The van der Waals surface area contributed by atoms with E-state index >= 15 is 0 Å². The van der Waals surface area contributed by atoms with Gasteiger partial charge in [-0.1, -0.05) is 30.3 Å². The quantitative estimate of drug-likeness (QED) is 0.694. The molecule has 0 atom stereocenters. The molecule has 0 spiro atoms. The highest BCUT2D eigenvalue weighted by molar-refractivity contribution is 5.70. The fraction of sp³-hybridized carbons (Fsp3) is 0.182. The topological polar surface area (TPSA) is 33.3 Å². The van der Waals surface area contributed by atoms with E-state index in [1.54, 1.807) is 7.11 Å². The van der Waals surface area contributed by atoms with Crippen LogP contribution < -0.4 is 15.4 Å². The van der Waals surface area contributed by atoms with Crippen LogP contribution in [0.3, 0.4) is 0 Å². The van der Waals surface area contributed by atoms with E-state index in [2.05, 4.69) is 65.2 Å². The van der Waals surface area contributed by atoms with E-state index in [1.807, 2.05) is 12.1 Å². The molecule has 0 unspecified atom stereocenters. The highest BCUT2D eigenvalue weighted by atomic mass is 16.5. The summed E-state index contributed by atoms with van der Waals surface area (Å²) in [7, 11) is 1.70. The maximum Gasteiger partial charge on any atom is 0.119 e. The summed E-state index contributed by atoms with van der Waals surface area (Å²) in [6, 6.07) is 23.3. The normalized spacial score (nSPS) is 12.4. The number of hydrogen-bond donors (Lipinski definition) is 2. The lowest BCUT2D eigenvalue weighted by molar-refractivity contribution is 0.414. The smallest absolute Gasteiger partial charge is 0.119 e. The van der Waals surface area contributed by atoms with Crippen molar-refractivity contribution >= 4 is 17.1 Å². The Bertz CT molecular complexity index is 889. The highest BCUT2D eigenvalue weighted by Gasteiger charge is 2.12. The number of rotatable bonds is 4. The zero-order valence-corrected chi connectivity index (χ0v) is 14.4. The standard InChI is InChI=1S/C22H22N2O/c1-25-20-7-4-5-16(13-20)15-23-19-11-12-22-18(14-19)10-9-17-6-2-3-8-21(17)24-22/h2-8,11-14,23-24H,9-10,15H2,1H3. The summed E-state index contributed by atoms with van der Waals surface area (Å²) in [4.78, 5) is 0. The number of para-hydroxylation sites is 1. The Morgan fingerprint density at radius 1 is 0.880 bits per heavy atom. The largest absolute Gasteiger partial charge is 0.497 e. The van der Waals surface area contributed by atoms with Crippen LogP contribution in [0.5, 0.6) is 5.75 Å². The Hall–Kier alpha value is -2.94. The van der Waals surface area contributed by atoms with Gasteiger partial charge < -0.3 is 15.4 Å². The first-order valence-electron chi connectivity index (χ1n) is 8.66. The molecule has 3 heteroatoms.